The third kappa shape index (κ3) is 5.95. The summed E-state index contributed by atoms with van der Waals surface area (Å²) in [4.78, 5) is -1.50. The maximum Gasteiger partial charge on any atom is 0.295 e. The van der Waals surface area contributed by atoms with Gasteiger partial charge in [-0.2, -0.15) is 25.3 Å². The van der Waals surface area contributed by atoms with Gasteiger partial charge in [0.2, 0.25) is 0 Å². The highest BCUT2D eigenvalue weighted by Crippen LogP contribution is 2.39. The summed E-state index contributed by atoms with van der Waals surface area (Å²) in [5.74, 6) is 0. The van der Waals surface area contributed by atoms with Gasteiger partial charge in [0.05, 0.1) is 21.2 Å². The molecule has 0 atom stereocenters. The maximum absolute atomic E-state index is 12.3. The van der Waals surface area contributed by atoms with E-state index < -0.39 is 40.1 Å². The molecule has 4 N–H and O–H groups in total. The van der Waals surface area contributed by atoms with E-state index in [9.17, 15) is 38.9 Å². The molecule has 0 aliphatic heterocycles. The van der Waals surface area contributed by atoms with Crippen molar-refractivity contribution < 1.29 is 38.9 Å². The minimum atomic E-state index is -4.76. The second kappa shape index (κ2) is 10.3. The summed E-state index contributed by atoms with van der Waals surface area (Å²) in [5.41, 5.74) is 1.05. The summed E-state index contributed by atoms with van der Waals surface area (Å²) in [6.07, 6.45) is 0. The molecule has 0 bridgehead atoms. The van der Waals surface area contributed by atoms with Crippen LogP contribution in [0.15, 0.2) is 116 Å². The van der Waals surface area contributed by atoms with Crippen LogP contribution in [0.3, 0.4) is 0 Å². The quantitative estimate of drug-likeness (QED) is 0.127. The van der Waals surface area contributed by atoms with Gasteiger partial charge in [-0.25, -0.2) is 0 Å². The van der Waals surface area contributed by atoms with Crippen LogP contribution in [0.5, 0.6) is 0 Å². The van der Waals surface area contributed by atoms with Crippen LogP contribution in [0, 0.1) is 0 Å². The van der Waals surface area contributed by atoms with Gasteiger partial charge in [0.1, 0.15) is 4.90 Å². The van der Waals surface area contributed by atoms with Crippen molar-refractivity contribution in [1.82, 2.24) is 0 Å². The van der Waals surface area contributed by atoms with Gasteiger partial charge in [-0.15, -0.1) is 10.2 Å². The Morgan fingerprint density at radius 3 is 1.88 bits per heavy atom. The summed E-state index contributed by atoms with van der Waals surface area (Å²) in [6, 6.07) is 21.5. The zero-order valence-corrected chi connectivity index (χ0v) is 23.0. The molecule has 0 aliphatic rings. The van der Waals surface area contributed by atoms with Crippen LogP contribution in [0.2, 0.25) is 0 Å². The third-order valence-corrected chi connectivity index (χ3v) is 8.62. The van der Waals surface area contributed by atoms with E-state index in [1.54, 1.807) is 36.4 Å². The van der Waals surface area contributed by atoms with Crippen LogP contribution >= 0.6 is 0 Å². The van der Waals surface area contributed by atoms with Crippen molar-refractivity contribution in [3.63, 3.8) is 0 Å². The molecule has 0 radical (unpaired) electrons. The van der Waals surface area contributed by atoms with Crippen molar-refractivity contribution in [3.8, 4) is 0 Å². The normalized spacial score (nSPS) is 12.8. The lowest BCUT2D eigenvalue weighted by atomic mass is 10.1. The number of nitrogens with zero attached hydrogens (tertiary/aromatic N) is 2. The van der Waals surface area contributed by atoms with Gasteiger partial charge in [-0.3, -0.25) is 13.7 Å². The first-order chi connectivity index (χ1) is 19.2. The van der Waals surface area contributed by atoms with E-state index in [-0.39, 0.29) is 37.8 Å². The van der Waals surface area contributed by atoms with Gasteiger partial charge in [0.25, 0.3) is 30.4 Å². The number of para-hydroxylation sites is 1. The topological polar surface area (TPSA) is 200 Å². The van der Waals surface area contributed by atoms with Gasteiger partial charge in [-0.1, -0.05) is 36.4 Å². The minimum Gasteiger partial charge on any atom is -0.355 e. The Hall–Kier alpha value is -4.25. The number of anilines is 2. The molecule has 0 saturated carbocycles. The summed E-state index contributed by atoms with van der Waals surface area (Å²) in [6.45, 7) is 0. The molecule has 0 amide bonds. The van der Waals surface area contributed by atoms with E-state index >= 15 is 0 Å². The van der Waals surface area contributed by atoms with Gasteiger partial charge < -0.3 is 5.32 Å². The summed E-state index contributed by atoms with van der Waals surface area (Å²) >= 11 is 0. The van der Waals surface area contributed by atoms with Crippen molar-refractivity contribution in [3.05, 3.63) is 91.0 Å². The highest BCUT2D eigenvalue weighted by atomic mass is 32.2. The van der Waals surface area contributed by atoms with Gasteiger partial charge in [0.15, 0.2) is 0 Å². The molecule has 12 nitrogen and oxygen atoms in total. The fourth-order valence-corrected chi connectivity index (χ4v) is 6.02. The Bertz CT molecular complexity index is 2200. The van der Waals surface area contributed by atoms with E-state index in [4.69, 9.17) is 0 Å². The average molecular weight is 614 g/mol. The Kier molecular flexibility index (Phi) is 7.10. The zero-order valence-electron chi connectivity index (χ0n) is 20.6. The molecule has 210 valence electrons. The fraction of sp³-hybridized carbons (Fsp3) is 0. The number of hydrogen-bond donors (Lipinski definition) is 4. The Morgan fingerprint density at radius 2 is 1.22 bits per heavy atom. The number of fused-ring (bicyclic) bond motifs is 2. The molecule has 0 heterocycles. The summed E-state index contributed by atoms with van der Waals surface area (Å²) < 4.78 is 100. The van der Waals surface area contributed by atoms with Crippen LogP contribution in [0.1, 0.15) is 0 Å². The van der Waals surface area contributed by atoms with Crippen LogP contribution in [0.4, 0.5) is 22.7 Å². The number of rotatable bonds is 7. The lowest BCUT2D eigenvalue weighted by molar-refractivity contribution is 0.481. The number of hydrogen-bond acceptors (Lipinski definition) is 9. The third-order valence-electron chi connectivity index (χ3n) is 6.05. The lowest BCUT2D eigenvalue weighted by Gasteiger charge is -2.14. The van der Waals surface area contributed by atoms with Crippen molar-refractivity contribution in [2.45, 2.75) is 14.7 Å². The first kappa shape index (κ1) is 28.3. The highest BCUT2D eigenvalue weighted by molar-refractivity contribution is 7.86. The average Bonchev–Trinajstić information content (AvgIpc) is 2.90. The second-order valence-corrected chi connectivity index (χ2v) is 13.0. The van der Waals surface area contributed by atoms with Crippen molar-refractivity contribution in [1.29, 1.82) is 0 Å². The smallest absolute Gasteiger partial charge is 0.295 e. The molecule has 41 heavy (non-hydrogen) atoms. The highest BCUT2D eigenvalue weighted by Gasteiger charge is 2.20. The van der Waals surface area contributed by atoms with Crippen molar-refractivity contribution in [2.24, 2.45) is 10.2 Å². The van der Waals surface area contributed by atoms with E-state index in [0.29, 0.717) is 11.4 Å². The van der Waals surface area contributed by atoms with Crippen molar-refractivity contribution >= 4 is 74.6 Å². The van der Waals surface area contributed by atoms with E-state index in [2.05, 4.69) is 15.5 Å². The second-order valence-electron chi connectivity index (χ2n) is 8.75. The largest absolute Gasteiger partial charge is 0.355 e. The van der Waals surface area contributed by atoms with E-state index in [1.165, 1.54) is 30.3 Å². The summed E-state index contributed by atoms with van der Waals surface area (Å²) in [5, 5.41) is 12.1. The summed E-state index contributed by atoms with van der Waals surface area (Å²) in [7, 11) is -14.0. The molecule has 5 aromatic carbocycles. The van der Waals surface area contributed by atoms with Crippen LogP contribution in [0.25, 0.3) is 21.5 Å². The van der Waals surface area contributed by atoms with E-state index in [0.717, 1.165) is 24.3 Å². The molecule has 0 saturated heterocycles. The molecule has 5 rings (SSSR count). The minimum absolute atomic E-state index is 0.0186. The molecule has 0 aliphatic carbocycles. The Morgan fingerprint density at radius 1 is 0.561 bits per heavy atom. The standard InChI is InChI=1S/C26H19N3O9S3/c30-39(31,32)18-9-10-20-16(13-18)14-19(40(33,34)35)15-24(20)29-28-22-11-12-23(27-17-5-2-1-3-6-17)26-21(22)7-4-8-25(26)41(36,37)38/h1-15,27H,(H,30,31,32)(H,33,34,35)(H,36,37,38). The molecule has 0 spiro atoms. The van der Waals surface area contributed by atoms with Crippen LogP contribution in [-0.2, 0) is 30.4 Å². The molecular formula is C26H19N3O9S3. The molecule has 0 unspecified atom stereocenters. The maximum atomic E-state index is 12.3. The number of nitrogens with one attached hydrogen (secondary N) is 1. The fourth-order valence-electron chi connectivity index (χ4n) is 4.24. The number of benzene rings is 5. The van der Waals surface area contributed by atoms with Crippen molar-refractivity contribution in [2.75, 3.05) is 5.32 Å². The van der Waals surface area contributed by atoms with Gasteiger partial charge >= 0.3 is 0 Å². The SMILES string of the molecule is O=S(=O)(O)c1ccc2c(N=Nc3ccc(Nc4ccccc4)c4c(S(=O)(=O)O)cccc34)cc(S(=O)(=O)O)cc2c1. The molecule has 15 heteroatoms. The Labute approximate surface area is 234 Å². The molecule has 0 aromatic heterocycles. The van der Waals surface area contributed by atoms with E-state index in [1.807, 2.05) is 0 Å². The van der Waals surface area contributed by atoms with Gasteiger partial charge in [0, 0.05) is 27.5 Å². The molecule has 5 aromatic rings. The molecular weight excluding hydrogens is 594 g/mol. The predicted molar refractivity (Wildman–Crippen MR) is 151 cm³/mol. The zero-order chi connectivity index (χ0) is 29.6. The van der Waals surface area contributed by atoms with Crippen LogP contribution < -0.4 is 5.32 Å². The lowest BCUT2D eigenvalue weighted by Crippen LogP contribution is -2.01. The monoisotopic (exact) mass is 613 g/mol. The number of azo groups is 1. The van der Waals surface area contributed by atoms with Crippen LogP contribution in [-0.4, -0.2) is 38.9 Å². The van der Waals surface area contributed by atoms with Gasteiger partial charge in [-0.05, 0) is 60.0 Å². The Balaban J connectivity index is 1.72. The predicted octanol–water partition coefficient (Wildman–Crippen LogP) is 5.89. The first-order valence-electron chi connectivity index (χ1n) is 11.5. The first-order valence-corrected chi connectivity index (χ1v) is 15.8. The molecule has 0 fully saturated rings.